The number of aromatic hydroxyl groups is 1. The fourth-order valence-electron chi connectivity index (χ4n) is 1.65. The molecule has 5 heteroatoms. The molecule has 1 aromatic heterocycles. The van der Waals surface area contributed by atoms with Gasteiger partial charge in [0, 0.05) is 6.42 Å². The minimum absolute atomic E-state index is 0.0632. The molecule has 0 unspecified atom stereocenters. The van der Waals surface area contributed by atoms with Gasteiger partial charge in [0.1, 0.15) is 22.8 Å². The highest BCUT2D eigenvalue weighted by molar-refractivity contribution is 5.90. The Morgan fingerprint density at radius 2 is 2.12 bits per heavy atom. The van der Waals surface area contributed by atoms with Crippen molar-refractivity contribution in [1.29, 1.82) is 0 Å². The molecule has 0 saturated heterocycles. The third kappa shape index (κ3) is 2.13. The third-order valence-corrected chi connectivity index (χ3v) is 2.50. The van der Waals surface area contributed by atoms with E-state index >= 15 is 0 Å². The Hall–Kier alpha value is -2.30. The van der Waals surface area contributed by atoms with E-state index in [-0.39, 0.29) is 23.5 Å². The largest absolute Gasteiger partial charge is 0.508 e. The summed E-state index contributed by atoms with van der Waals surface area (Å²) in [5.74, 6) is -0.693. The van der Waals surface area contributed by atoms with E-state index in [9.17, 15) is 9.90 Å². The van der Waals surface area contributed by atoms with Crippen molar-refractivity contribution in [2.45, 2.75) is 13.3 Å². The Balaban J connectivity index is 2.37. The molecule has 0 atom stereocenters. The minimum atomic E-state index is -1.07. The summed E-state index contributed by atoms with van der Waals surface area (Å²) in [7, 11) is 0. The number of carbonyl (C=O) groups is 1. The SMILES string of the molecule is Cc1onc(Cc2ccccc2O)c1C(=O)O. The van der Waals surface area contributed by atoms with Gasteiger partial charge in [-0.15, -0.1) is 0 Å². The topological polar surface area (TPSA) is 83.6 Å². The summed E-state index contributed by atoms with van der Waals surface area (Å²) in [5, 5.41) is 22.3. The van der Waals surface area contributed by atoms with Gasteiger partial charge in [0.25, 0.3) is 0 Å². The van der Waals surface area contributed by atoms with E-state index in [1.54, 1.807) is 31.2 Å². The van der Waals surface area contributed by atoms with Crippen molar-refractivity contribution in [3.63, 3.8) is 0 Å². The zero-order chi connectivity index (χ0) is 12.4. The number of aryl methyl sites for hydroxylation is 1. The van der Waals surface area contributed by atoms with Crippen LogP contribution in [0.1, 0.15) is 27.4 Å². The minimum Gasteiger partial charge on any atom is -0.508 e. The van der Waals surface area contributed by atoms with Gasteiger partial charge >= 0.3 is 5.97 Å². The molecular weight excluding hydrogens is 222 g/mol. The van der Waals surface area contributed by atoms with Crippen LogP contribution >= 0.6 is 0 Å². The lowest BCUT2D eigenvalue weighted by Gasteiger charge is -2.01. The van der Waals surface area contributed by atoms with Gasteiger partial charge in [0.15, 0.2) is 0 Å². The van der Waals surface area contributed by atoms with Crippen LogP contribution in [-0.2, 0) is 6.42 Å². The Labute approximate surface area is 97.3 Å². The molecule has 0 radical (unpaired) electrons. The molecular formula is C12H11NO4. The van der Waals surface area contributed by atoms with Gasteiger partial charge in [-0.1, -0.05) is 23.4 Å². The van der Waals surface area contributed by atoms with E-state index in [1.807, 2.05) is 0 Å². The lowest BCUT2D eigenvalue weighted by atomic mass is 10.0. The number of carboxylic acid groups (broad SMARTS) is 1. The summed E-state index contributed by atoms with van der Waals surface area (Å²) in [6.07, 6.45) is 0.228. The molecule has 5 nitrogen and oxygen atoms in total. The van der Waals surface area contributed by atoms with Crippen molar-refractivity contribution in [2.75, 3.05) is 0 Å². The number of para-hydroxylation sites is 1. The van der Waals surface area contributed by atoms with Gasteiger partial charge in [-0.05, 0) is 18.6 Å². The molecule has 0 bridgehead atoms. The van der Waals surface area contributed by atoms with E-state index in [0.717, 1.165) is 0 Å². The summed E-state index contributed by atoms with van der Waals surface area (Å²) in [4.78, 5) is 11.0. The predicted molar refractivity (Wildman–Crippen MR) is 59.1 cm³/mol. The number of rotatable bonds is 3. The van der Waals surface area contributed by atoms with Gasteiger partial charge in [0.2, 0.25) is 0 Å². The highest BCUT2D eigenvalue weighted by atomic mass is 16.5. The quantitative estimate of drug-likeness (QED) is 0.846. The van der Waals surface area contributed by atoms with E-state index in [1.165, 1.54) is 0 Å². The van der Waals surface area contributed by atoms with Gasteiger partial charge in [-0.2, -0.15) is 0 Å². The lowest BCUT2D eigenvalue weighted by molar-refractivity contribution is 0.0694. The molecule has 0 spiro atoms. The fraction of sp³-hybridized carbons (Fsp3) is 0.167. The summed E-state index contributed by atoms with van der Waals surface area (Å²) in [6, 6.07) is 6.72. The van der Waals surface area contributed by atoms with Gasteiger partial charge in [-0.25, -0.2) is 4.79 Å². The maximum atomic E-state index is 11.0. The zero-order valence-corrected chi connectivity index (χ0v) is 9.17. The van der Waals surface area contributed by atoms with Crippen LogP contribution in [0.5, 0.6) is 5.75 Å². The van der Waals surface area contributed by atoms with Crippen LogP contribution in [0.2, 0.25) is 0 Å². The molecule has 0 aliphatic carbocycles. The standard InChI is InChI=1S/C12H11NO4/c1-7-11(12(15)16)9(13-17-7)6-8-4-2-3-5-10(8)14/h2-5,14H,6H2,1H3,(H,15,16). The maximum absolute atomic E-state index is 11.0. The number of hydrogen-bond donors (Lipinski definition) is 2. The highest BCUT2D eigenvalue weighted by Crippen LogP contribution is 2.22. The van der Waals surface area contributed by atoms with Crippen LogP contribution < -0.4 is 0 Å². The monoisotopic (exact) mass is 233 g/mol. The normalized spacial score (nSPS) is 10.4. The number of hydrogen-bond acceptors (Lipinski definition) is 4. The zero-order valence-electron chi connectivity index (χ0n) is 9.17. The van der Waals surface area contributed by atoms with E-state index in [4.69, 9.17) is 9.63 Å². The van der Waals surface area contributed by atoms with Crippen LogP contribution in [0.15, 0.2) is 28.8 Å². The van der Waals surface area contributed by atoms with E-state index in [0.29, 0.717) is 11.3 Å². The first-order valence-corrected chi connectivity index (χ1v) is 5.05. The molecule has 2 rings (SSSR count). The second-order valence-electron chi connectivity index (χ2n) is 3.67. The van der Waals surface area contributed by atoms with Gasteiger partial charge < -0.3 is 14.7 Å². The first-order chi connectivity index (χ1) is 8.09. The lowest BCUT2D eigenvalue weighted by Crippen LogP contribution is -2.02. The van der Waals surface area contributed by atoms with Crippen LogP contribution in [0, 0.1) is 6.92 Å². The molecule has 0 amide bonds. The number of benzene rings is 1. The second kappa shape index (κ2) is 4.29. The van der Waals surface area contributed by atoms with Crippen LogP contribution in [0.3, 0.4) is 0 Å². The number of nitrogens with zero attached hydrogens (tertiary/aromatic N) is 1. The second-order valence-corrected chi connectivity index (χ2v) is 3.67. The predicted octanol–water partition coefficient (Wildman–Crippen LogP) is 1.98. The molecule has 0 aliphatic heterocycles. The van der Waals surface area contributed by atoms with Crippen molar-refractivity contribution in [1.82, 2.24) is 5.16 Å². The number of aromatic carboxylic acids is 1. The van der Waals surface area contributed by atoms with Crippen LogP contribution in [-0.4, -0.2) is 21.3 Å². The third-order valence-electron chi connectivity index (χ3n) is 2.50. The maximum Gasteiger partial charge on any atom is 0.341 e. The van der Waals surface area contributed by atoms with Crippen LogP contribution in [0.25, 0.3) is 0 Å². The number of phenols is 1. The summed E-state index contributed by atoms with van der Waals surface area (Å²) in [5.41, 5.74) is 0.994. The van der Waals surface area contributed by atoms with E-state index in [2.05, 4.69) is 5.16 Å². The first-order valence-electron chi connectivity index (χ1n) is 5.05. The average molecular weight is 233 g/mol. The first kappa shape index (κ1) is 11.2. The molecule has 0 aliphatic rings. The average Bonchev–Trinajstić information content (AvgIpc) is 2.63. The number of aromatic nitrogens is 1. The Morgan fingerprint density at radius 3 is 2.76 bits per heavy atom. The molecule has 2 aromatic rings. The smallest absolute Gasteiger partial charge is 0.341 e. The Kier molecular flexibility index (Phi) is 2.82. The Bertz CT molecular complexity index is 559. The van der Waals surface area contributed by atoms with Crippen molar-refractivity contribution >= 4 is 5.97 Å². The van der Waals surface area contributed by atoms with Crippen molar-refractivity contribution in [3.05, 3.63) is 46.8 Å². The van der Waals surface area contributed by atoms with Crippen molar-refractivity contribution < 1.29 is 19.5 Å². The molecule has 2 N–H and O–H groups in total. The van der Waals surface area contributed by atoms with Crippen molar-refractivity contribution in [3.8, 4) is 5.75 Å². The number of phenolic OH excluding ortho intramolecular Hbond substituents is 1. The summed E-state index contributed by atoms with van der Waals surface area (Å²) < 4.78 is 4.86. The summed E-state index contributed by atoms with van der Waals surface area (Å²) in [6.45, 7) is 1.55. The fourth-order valence-corrected chi connectivity index (χ4v) is 1.65. The van der Waals surface area contributed by atoms with Gasteiger partial charge in [-0.3, -0.25) is 0 Å². The molecule has 88 valence electrons. The molecule has 1 heterocycles. The molecule has 0 saturated carbocycles. The van der Waals surface area contributed by atoms with E-state index < -0.39 is 5.97 Å². The Morgan fingerprint density at radius 1 is 1.41 bits per heavy atom. The summed E-state index contributed by atoms with van der Waals surface area (Å²) >= 11 is 0. The van der Waals surface area contributed by atoms with Crippen molar-refractivity contribution in [2.24, 2.45) is 0 Å². The number of carboxylic acids is 1. The highest BCUT2D eigenvalue weighted by Gasteiger charge is 2.20. The van der Waals surface area contributed by atoms with Crippen LogP contribution in [0.4, 0.5) is 0 Å². The molecule has 17 heavy (non-hydrogen) atoms. The van der Waals surface area contributed by atoms with Gasteiger partial charge in [0.05, 0.1) is 0 Å². The molecule has 1 aromatic carbocycles. The molecule has 0 fully saturated rings.